The standard InChI is InChI=1S/C12H13NO3/c1-8-3-10-4-9(6-13-7-14)5-11(15-2)12(10)16-8/h4-5,8H,3,6H2,1-2H3. The zero-order chi connectivity index (χ0) is 11.5. The normalized spacial score (nSPS) is 17.2. The van der Waals surface area contributed by atoms with Gasteiger partial charge in [0.15, 0.2) is 11.5 Å². The smallest absolute Gasteiger partial charge is 0.235 e. The number of nitrogens with zero attached hydrogens (tertiary/aromatic N) is 1. The Morgan fingerprint density at radius 1 is 1.62 bits per heavy atom. The molecule has 0 spiro atoms. The van der Waals surface area contributed by atoms with Gasteiger partial charge in [0.2, 0.25) is 6.08 Å². The van der Waals surface area contributed by atoms with Crippen LogP contribution in [0.2, 0.25) is 0 Å². The van der Waals surface area contributed by atoms with Gasteiger partial charge >= 0.3 is 0 Å². The van der Waals surface area contributed by atoms with Crippen LogP contribution in [0.5, 0.6) is 11.5 Å². The van der Waals surface area contributed by atoms with Gasteiger partial charge in [0.05, 0.1) is 13.7 Å². The maximum Gasteiger partial charge on any atom is 0.235 e. The summed E-state index contributed by atoms with van der Waals surface area (Å²) < 4.78 is 10.9. The summed E-state index contributed by atoms with van der Waals surface area (Å²) in [7, 11) is 1.61. The van der Waals surface area contributed by atoms with E-state index in [1.54, 1.807) is 7.11 Å². The summed E-state index contributed by atoms with van der Waals surface area (Å²) in [6.07, 6.45) is 2.57. The van der Waals surface area contributed by atoms with Crippen LogP contribution in [-0.2, 0) is 17.8 Å². The van der Waals surface area contributed by atoms with E-state index in [4.69, 9.17) is 9.47 Å². The summed E-state index contributed by atoms with van der Waals surface area (Å²) in [5.74, 6) is 1.52. The van der Waals surface area contributed by atoms with Gasteiger partial charge in [0.1, 0.15) is 6.10 Å². The van der Waals surface area contributed by atoms with E-state index in [1.165, 1.54) is 6.08 Å². The number of fused-ring (bicyclic) bond motifs is 1. The lowest BCUT2D eigenvalue weighted by Crippen LogP contribution is -2.05. The van der Waals surface area contributed by atoms with Crippen LogP contribution in [0.4, 0.5) is 0 Å². The Morgan fingerprint density at radius 3 is 3.12 bits per heavy atom. The van der Waals surface area contributed by atoms with Crippen molar-refractivity contribution < 1.29 is 14.3 Å². The highest BCUT2D eigenvalue weighted by Crippen LogP contribution is 2.38. The molecule has 84 valence electrons. The van der Waals surface area contributed by atoms with Crippen molar-refractivity contribution in [1.29, 1.82) is 0 Å². The highest BCUT2D eigenvalue weighted by Gasteiger charge is 2.23. The lowest BCUT2D eigenvalue weighted by molar-refractivity contribution is 0.243. The summed E-state index contributed by atoms with van der Waals surface area (Å²) in [6.45, 7) is 2.35. The molecule has 2 rings (SSSR count). The molecule has 1 aliphatic heterocycles. The fourth-order valence-corrected chi connectivity index (χ4v) is 1.93. The van der Waals surface area contributed by atoms with Crippen molar-refractivity contribution >= 4 is 6.08 Å². The van der Waals surface area contributed by atoms with Gasteiger partial charge < -0.3 is 9.47 Å². The Labute approximate surface area is 93.9 Å². The second-order valence-corrected chi connectivity index (χ2v) is 3.83. The van der Waals surface area contributed by atoms with E-state index in [1.807, 2.05) is 19.1 Å². The summed E-state index contributed by atoms with van der Waals surface area (Å²) in [5, 5.41) is 0. The molecular formula is C12H13NO3. The molecule has 16 heavy (non-hydrogen) atoms. The molecule has 4 heteroatoms. The number of methoxy groups -OCH3 is 1. The highest BCUT2D eigenvalue weighted by molar-refractivity contribution is 5.52. The van der Waals surface area contributed by atoms with Crippen LogP contribution in [0.25, 0.3) is 0 Å². The molecule has 0 radical (unpaired) electrons. The van der Waals surface area contributed by atoms with E-state index in [-0.39, 0.29) is 6.10 Å². The van der Waals surface area contributed by atoms with Crippen molar-refractivity contribution in [3.63, 3.8) is 0 Å². The number of rotatable bonds is 3. The van der Waals surface area contributed by atoms with Crippen LogP contribution in [0.3, 0.4) is 0 Å². The van der Waals surface area contributed by atoms with E-state index in [0.29, 0.717) is 12.3 Å². The molecular weight excluding hydrogens is 206 g/mol. The third kappa shape index (κ3) is 1.92. The highest BCUT2D eigenvalue weighted by atomic mass is 16.5. The van der Waals surface area contributed by atoms with Crippen molar-refractivity contribution in [2.45, 2.75) is 26.0 Å². The maximum absolute atomic E-state index is 10.1. The predicted molar refractivity (Wildman–Crippen MR) is 58.6 cm³/mol. The van der Waals surface area contributed by atoms with E-state index in [9.17, 15) is 4.79 Å². The number of hydrogen-bond donors (Lipinski definition) is 0. The predicted octanol–water partition coefficient (Wildman–Crippen LogP) is 1.85. The van der Waals surface area contributed by atoms with Crippen molar-refractivity contribution in [3.8, 4) is 11.5 Å². The minimum absolute atomic E-state index is 0.175. The second kappa shape index (κ2) is 4.37. The minimum atomic E-state index is 0.175. The summed E-state index contributed by atoms with van der Waals surface area (Å²) in [6, 6.07) is 3.85. The van der Waals surface area contributed by atoms with E-state index in [2.05, 4.69) is 4.99 Å². The molecule has 0 saturated carbocycles. The fourth-order valence-electron chi connectivity index (χ4n) is 1.93. The number of hydrogen-bond acceptors (Lipinski definition) is 4. The molecule has 0 fully saturated rings. The van der Waals surface area contributed by atoms with Gasteiger partial charge in [-0.15, -0.1) is 0 Å². The molecule has 4 nitrogen and oxygen atoms in total. The maximum atomic E-state index is 10.1. The topological polar surface area (TPSA) is 47.9 Å². The number of ether oxygens (including phenoxy) is 2. The molecule has 0 aromatic heterocycles. The minimum Gasteiger partial charge on any atom is -0.493 e. The Kier molecular flexibility index (Phi) is 2.93. The third-order valence-electron chi connectivity index (χ3n) is 2.56. The molecule has 1 unspecified atom stereocenters. The van der Waals surface area contributed by atoms with E-state index in [0.717, 1.165) is 23.3 Å². The van der Waals surface area contributed by atoms with Gasteiger partial charge in [-0.05, 0) is 24.6 Å². The fraction of sp³-hybridized carbons (Fsp3) is 0.417. The van der Waals surface area contributed by atoms with Crippen molar-refractivity contribution in [2.75, 3.05) is 7.11 Å². The molecule has 1 aliphatic rings. The number of aliphatic imine (C=N–C) groups is 1. The van der Waals surface area contributed by atoms with Gasteiger partial charge in [0.25, 0.3) is 0 Å². The number of benzene rings is 1. The quantitative estimate of drug-likeness (QED) is 0.575. The third-order valence-corrected chi connectivity index (χ3v) is 2.56. The number of isocyanates is 1. The molecule has 0 bridgehead atoms. The molecule has 1 aromatic carbocycles. The Balaban J connectivity index is 2.38. The van der Waals surface area contributed by atoms with Crippen LogP contribution >= 0.6 is 0 Å². The van der Waals surface area contributed by atoms with Crippen LogP contribution in [0.15, 0.2) is 17.1 Å². The molecule has 1 aromatic rings. The summed E-state index contributed by atoms with van der Waals surface area (Å²) >= 11 is 0. The largest absolute Gasteiger partial charge is 0.493 e. The van der Waals surface area contributed by atoms with Crippen molar-refractivity contribution in [3.05, 3.63) is 23.3 Å². The molecule has 0 aliphatic carbocycles. The SMILES string of the molecule is COc1cc(CN=C=O)cc2c1OC(C)C2. The molecule has 1 atom stereocenters. The average molecular weight is 219 g/mol. The first-order valence-corrected chi connectivity index (χ1v) is 5.14. The van der Waals surface area contributed by atoms with Gasteiger partial charge in [-0.1, -0.05) is 0 Å². The monoisotopic (exact) mass is 219 g/mol. The number of carbonyl (C=O) groups excluding carboxylic acids is 1. The summed E-state index contributed by atoms with van der Waals surface area (Å²) in [5.41, 5.74) is 2.06. The van der Waals surface area contributed by atoms with Crippen LogP contribution < -0.4 is 9.47 Å². The van der Waals surface area contributed by atoms with E-state index < -0.39 is 0 Å². The lowest BCUT2D eigenvalue weighted by atomic mass is 10.1. The van der Waals surface area contributed by atoms with E-state index >= 15 is 0 Å². The van der Waals surface area contributed by atoms with Gasteiger partial charge in [-0.3, -0.25) is 0 Å². The Morgan fingerprint density at radius 2 is 2.44 bits per heavy atom. The van der Waals surface area contributed by atoms with Gasteiger partial charge in [-0.2, -0.15) is 0 Å². The van der Waals surface area contributed by atoms with Gasteiger partial charge in [0, 0.05) is 12.0 Å². The Bertz CT molecular complexity index is 450. The molecule has 0 amide bonds. The molecule has 0 saturated heterocycles. The summed E-state index contributed by atoms with van der Waals surface area (Å²) in [4.78, 5) is 13.6. The lowest BCUT2D eigenvalue weighted by Gasteiger charge is -2.09. The van der Waals surface area contributed by atoms with Crippen LogP contribution in [0.1, 0.15) is 18.1 Å². The van der Waals surface area contributed by atoms with Crippen molar-refractivity contribution in [1.82, 2.24) is 0 Å². The zero-order valence-corrected chi connectivity index (χ0v) is 9.32. The first-order valence-electron chi connectivity index (χ1n) is 5.14. The molecule has 0 N–H and O–H groups in total. The van der Waals surface area contributed by atoms with Crippen molar-refractivity contribution in [2.24, 2.45) is 4.99 Å². The van der Waals surface area contributed by atoms with Crippen LogP contribution in [0, 0.1) is 0 Å². The van der Waals surface area contributed by atoms with Gasteiger partial charge in [-0.25, -0.2) is 9.79 Å². The van der Waals surface area contributed by atoms with Crippen LogP contribution in [-0.4, -0.2) is 19.3 Å². The zero-order valence-electron chi connectivity index (χ0n) is 9.32. The molecule has 1 heterocycles. The average Bonchev–Trinajstić information content (AvgIpc) is 2.65. The Hall–Kier alpha value is -1.80. The first-order chi connectivity index (χ1) is 7.74. The first kappa shape index (κ1) is 10.7. The second-order valence-electron chi connectivity index (χ2n) is 3.83.